The fraction of sp³-hybridized carbons (Fsp3) is 0.391. The van der Waals surface area contributed by atoms with Gasteiger partial charge in [0.1, 0.15) is 12.4 Å². The van der Waals surface area contributed by atoms with Crippen molar-refractivity contribution in [2.24, 2.45) is 11.8 Å². The monoisotopic (exact) mass is 393 g/mol. The van der Waals surface area contributed by atoms with E-state index in [4.69, 9.17) is 4.74 Å². The summed E-state index contributed by atoms with van der Waals surface area (Å²) in [5, 5.41) is 9.36. The number of nitriles is 1. The van der Waals surface area contributed by atoms with Gasteiger partial charge in [0.25, 0.3) is 0 Å². The molecule has 6 heteroatoms. The van der Waals surface area contributed by atoms with Gasteiger partial charge in [-0.1, -0.05) is 30.3 Å². The molecule has 2 aromatic rings. The van der Waals surface area contributed by atoms with Crippen LogP contribution in [-0.4, -0.2) is 49.1 Å². The Kier molecular flexibility index (Phi) is 5.61. The predicted molar refractivity (Wildman–Crippen MR) is 106 cm³/mol. The van der Waals surface area contributed by atoms with Crippen LogP contribution < -0.4 is 0 Å². The zero-order valence-electron chi connectivity index (χ0n) is 16.4. The highest BCUT2D eigenvalue weighted by atomic mass is 19.1. The topological polar surface area (TPSA) is 56.6 Å². The van der Waals surface area contributed by atoms with Gasteiger partial charge in [0.2, 0.25) is 5.91 Å². The molecule has 1 amide bonds. The maximum absolute atomic E-state index is 13.9. The van der Waals surface area contributed by atoms with E-state index in [1.54, 1.807) is 6.07 Å². The van der Waals surface area contributed by atoms with E-state index in [0.29, 0.717) is 24.6 Å². The van der Waals surface area contributed by atoms with Crippen LogP contribution in [-0.2, 0) is 16.1 Å². The molecule has 4 rings (SSSR count). The third-order valence-electron chi connectivity index (χ3n) is 6.05. The first-order valence-corrected chi connectivity index (χ1v) is 9.85. The summed E-state index contributed by atoms with van der Waals surface area (Å²) in [5.41, 5.74) is 2.55. The highest BCUT2D eigenvalue weighted by Gasteiger charge is 2.49. The molecule has 0 spiro atoms. The van der Waals surface area contributed by atoms with Crippen molar-refractivity contribution in [2.45, 2.75) is 12.6 Å². The highest BCUT2D eigenvalue weighted by Crippen LogP contribution is 2.45. The summed E-state index contributed by atoms with van der Waals surface area (Å²) in [6.07, 6.45) is 0. The average Bonchev–Trinajstić information content (AvgIpc) is 3.25. The quantitative estimate of drug-likeness (QED) is 0.784. The van der Waals surface area contributed by atoms with Gasteiger partial charge in [-0.15, -0.1) is 0 Å². The van der Waals surface area contributed by atoms with Gasteiger partial charge in [0.15, 0.2) is 0 Å². The molecule has 0 radical (unpaired) electrons. The summed E-state index contributed by atoms with van der Waals surface area (Å²) in [6, 6.07) is 16.3. The maximum Gasteiger partial charge on any atom is 0.249 e. The highest BCUT2D eigenvalue weighted by molar-refractivity contribution is 5.78. The Hall–Kier alpha value is -2.75. The van der Waals surface area contributed by atoms with Crippen molar-refractivity contribution in [1.82, 2.24) is 9.80 Å². The number of likely N-dealkylation sites (tertiary alicyclic amines) is 2. The Labute approximate surface area is 170 Å². The van der Waals surface area contributed by atoms with Crippen LogP contribution in [0.4, 0.5) is 4.39 Å². The Bertz CT molecular complexity index is 942. The minimum absolute atomic E-state index is 0.0323. The van der Waals surface area contributed by atoms with Crippen LogP contribution in [0.5, 0.6) is 0 Å². The minimum atomic E-state index is -0.289. The second-order valence-corrected chi connectivity index (χ2v) is 7.87. The number of fused-ring (bicyclic) bond motifs is 1. The van der Waals surface area contributed by atoms with Gasteiger partial charge in [0, 0.05) is 39.2 Å². The number of carbonyl (C=O) groups is 1. The molecule has 2 aliphatic rings. The van der Waals surface area contributed by atoms with Crippen molar-refractivity contribution in [1.29, 1.82) is 5.26 Å². The summed E-state index contributed by atoms with van der Waals surface area (Å²) in [6.45, 7) is 3.04. The number of nitrogens with zero attached hydrogens (tertiary/aromatic N) is 3. The zero-order valence-corrected chi connectivity index (χ0v) is 16.4. The van der Waals surface area contributed by atoms with E-state index in [1.165, 1.54) is 19.2 Å². The number of halogens is 1. The molecule has 2 heterocycles. The molecule has 0 unspecified atom stereocenters. The van der Waals surface area contributed by atoms with E-state index in [0.717, 1.165) is 24.2 Å². The van der Waals surface area contributed by atoms with Crippen LogP contribution >= 0.6 is 0 Å². The number of benzene rings is 2. The molecular weight excluding hydrogens is 369 g/mol. The number of rotatable bonds is 5. The molecule has 0 bridgehead atoms. The average molecular weight is 393 g/mol. The van der Waals surface area contributed by atoms with Crippen molar-refractivity contribution in [3.05, 3.63) is 71.0 Å². The first-order chi connectivity index (χ1) is 14.1. The number of ether oxygens (including phenoxy) is 1. The first kappa shape index (κ1) is 19.6. The molecule has 2 fully saturated rings. The van der Waals surface area contributed by atoms with Gasteiger partial charge in [0.05, 0.1) is 17.7 Å². The van der Waals surface area contributed by atoms with E-state index in [9.17, 15) is 14.4 Å². The Morgan fingerprint density at radius 3 is 2.79 bits per heavy atom. The molecule has 2 aliphatic heterocycles. The standard InChI is InChI=1S/C23H24FN3O2/c1-29-15-22(28)27-13-19-12-26(11-18-6-3-2-5-17(18)10-25)14-21(19)23(27)16-7-4-8-20(24)9-16/h2-9,19,21,23H,11-15H2,1H3/t19-,21-,23+/m1/s1. The molecule has 0 saturated carbocycles. The van der Waals surface area contributed by atoms with Crippen LogP contribution in [0.3, 0.4) is 0 Å². The molecule has 29 heavy (non-hydrogen) atoms. The fourth-order valence-corrected chi connectivity index (χ4v) is 4.86. The van der Waals surface area contributed by atoms with Crippen molar-refractivity contribution in [2.75, 3.05) is 33.4 Å². The lowest BCUT2D eigenvalue weighted by Gasteiger charge is -2.30. The van der Waals surface area contributed by atoms with Crippen LogP contribution in [0.1, 0.15) is 22.7 Å². The fourth-order valence-electron chi connectivity index (χ4n) is 4.86. The van der Waals surface area contributed by atoms with E-state index in [2.05, 4.69) is 11.0 Å². The van der Waals surface area contributed by atoms with Crippen molar-refractivity contribution >= 4 is 5.91 Å². The molecular formula is C23H24FN3O2. The van der Waals surface area contributed by atoms with Crippen LogP contribution in [0.15, 0.2) is 48.5 Å². The summed E-state index contributed by atoms with van der Waals surface area (Å²) in [4.78, 5) is 16.9. The van der Waals surface area contributed by atoms with Gasteiger partial charge < -0.3 is 9.64 Å². The van der Waals surface area contributed by atoms with E-state index in [-0.39, 0.29) is 30.3 Å². The number of carbonyl (C=O) groups excluding carboxylic acids is 1. The minimum Gasteiger partial charge on any atom is -0.375 e. The van der Waals surface area contributed by atoms with Crippen molar-refractivity contribution in [3.8, 4) is 6.07 Å². The lowest BCUT2D eigenvalue weighted by Crippen LogP contribution is -2.37. The predicted octanol–water partition coefficient (Wildman–Crippen LogP) is 2.98. The summed E-state index contributed by atoms with van der Waals surface area (Å²) < 4.78 is 19.0. The maximum atomic E-state index is 13.9. The van der Waals surface area contributed by atoms with Crippen molar-refractivity contribution < 1.29 is 13.9 Å². The van der Waals surface area contributed by atoms with E-state index in [1.807, 2.05) is 35.2 Å². The zero-order chi connectivity index (χ0) is 20.4. The van der Waals surface area contributed by atoms with Crippen LogP contribution in [0.25, 0.3) is 0 Å². The SMILES string of the molecule is COCC(=O)N1C[C@H]2CN(Cc3ccccc3C#N)C[C@H]2[C@@H]1c1cccc(F)c1. The summed E-state index contributed by atoms with van der Waals surface area (Å²) >= 11 is 0. The normalized spacial score (nSPS) is 23.8. The largest absolute Gasteiger partial charge is 0.375 e. The van der Waals surface area contributed by atoms with Gasteiger partial charge in [-0.2, -0.15) is 5.26 Å². The first-order valence-electron chi connectivity index (χ1n) is 9.85. The molecule has 2 saturated heterocycles. The Morgan fingerprint density at radius 2 is 2.03 bits per heavy atom. The third-order valence-corrected chi connectivity index (χ3v) is 6.05. The molecule has 0 aromatic heterocycles. The Morgan fingerprint density at radius 1 is 1.21 bits per heavy atom. The number of amides is 1. The molecule has 5 nitrogen and oxygen atoms in total. The van der Waals surface area contributed by atoms with Crippen molar-refractivity contribution in [3.63, 3.8) is 0 Å². The smallest absolute Gasteiger partial charge is 0.249 e. The molecule has 3 atom stereocenters. The van der Waals surface area contributed by atoms with Crippen LogP contribution in [0, 0.1) is 29.0 Å². The molecule has 0 N–H and O–H groups in total. The van der Waals surface area contributed by atoms with Gasteiger partial charge in [-0.05, 0) is 35.2 Å². The molecule has 2 aromatic carbocycles. The number of methoxy groups -OCH3 is 1. The summed E-state index contributed by atoms with van der Waals surface area (Å²) in [7, 11) is 1.51. The lowest BCUT2D eigenvalue weighted by atomic mass is 9.89. The third kappa shape index (κ3) is 3.89. The Balaban J connectivity index is 1.57. The second-order valence-electron chi connectivity index (χ2n) is 7.87. The van der Waals surface area contributed by atoms with Crippen LogP contribution in [0.2, 0.25) is 0 Å². The second kappa shape index (κ2) is 8.32. The van der Waals surface area contributed by atoms with E-state index < -0.39 is 0 Å². The number of hydrogen-bond acceptors (Lipinski definition) is 4. The van der Waals surface area contributed by atoms with Gasteiger partial charge >= 0.3 is 0 Å². The van der Waals surface area contributed by atoms with Gasteiger partial charge in [-0.25, -0.2) is 4.39 Å². The van der Waals surface area contributed by atoms with Gasteiger partial charge in [-0.3, -0.25) is 9.69 Å². The number of hydrogen-bond donors (Lipinski definition) is 0. The molecule has 150 valence electrons. The van der Waals surface area contributed by atoms with E-state index >= 15 is 0 Å². The summed E-state index contributed by atoms with van der Waals surface area (Å²) in [5.74, 6) is 0.200. The molecule has 0 aliphatic carbocycles. The lowest BCUT2D eigenvalue weighted by molar-refractivity contribution is -0.136.